The molecule has 0 unspecified atom stereocenters. The minimum absolute atomic E-state index is 0.0436. The van der Waals surface area contributed by atoms with Gasteiger partial charge < -0.3 is 4.90 Å². The fourth-order valence-corrected chi connectivity index (χ4v) is 1.33. The number of nitrogens with zero attached hydrogens (tertiary/aromatic N) is 2. The van der Waals surface area contributed by atoms with Gasteiger partial charge in [0.05, 0.1) is 5.92 Å². The molecule has 0 aliphatic carbocycles. The van der Waals surface area contributed by atoms with Crippen LogP contribution in [0.3, 0.4) is 0 Å². The van der Waals surface area contributed by atoms with Crippen LogP contribution in [0.4, 0.5) is 0 Å². The molecular formula is C7H9N3O3. The third-order valence-corrected chi connectivity index (χ3v) is 2.17. The summed E-state index contributed by atoms with van der Waals surface area (Å²) in [5.41, 5.74) is 0. The number of rotatable bonds is 1. The van der Waals surface area contributed by atoms with Gasteiger partial charge in [-0.15, -0.1) is 0 Å². The van der Waals surface area contributed by atoms with Crippen molar-refractivity contribution in [1.29, 1.82) is 0 Å². The van der Waals surface area contributed by atoms with Crippen molar-refractivity contribution in [2.75, 3.05) is 13.1 Å². The Hall–Kier alpha value is -1.59. The van der Waals surface area contributed by atoms with E-state index in [4.69, 9.17) is 0 Å². The highest BCUT2D eigenvalue weighted by Gasteiger charge is 2.32. The van der Waals surface area contributed by atoms with E-state index in [0.29, 0.717) is 18.9 Å². The molecule has 13 heavy (non-hydrogen) atoms. The molecule has 1 N–H and O–H groups in total. The first kappa shape index (κ1) is 8.03. The lowest BCUT2D eigenvalue weighted by Gasteiger charge is -2.36. The maximum absolute atomic E-state index is 10.8. The molecule has 0 radical (unpaired) electrons. The maximum atomic E-state index is 10.8. The topological polar surface area (TPSA) is 79.2 Å². The summed E-state index contributed by atoms with van der Waals surface area (Å²) in [5.74, 6) is 0.149. The molecule has 1 saturated heterocycles. The molecule has 0 spiro atoms. The van der Waals surface area contributed by atoms with Crippen LogP contribution in [0.15, 0.2) is 9.32 Å². The van der Waals surface area contributed by atoms with Crippen LogP contribution >= 0.6 is 0 Å². The van der Waals surface area contributed by atoms with E-state index in [0.717, 1.165) is 0 Å². The summed E-state index contributed by atoms with van der Waals surface area (Å²) in [5, 5.41) is 3.55. The zero-order valence-corrected chi connectivity index (χ0v) is 7.11. The van der Waals surface area contributed by atoms with E-state index in [9.17, 15) is 9.59 Å². The number of hydrogen-bond acceptors (Lipinski definition) is 4. The molecule has 2 rings (SSSR count). The first-order valence-electron chi connectivity index (χ1n) is 3.98. The number of nitrogens with one attached hydrogen (secondary N) is 1. The molecule has 1 aliphatic heterocycles. The quantitative estimate of drug-likeness (QED) is 0.624. The number of aromatic amines is 1. The van der Waals surface area contributed by atoms with E-state index >= 15 is 0 Å². The maximum Gasteiger partial charge on any atom is 0.438 e. The fourth-order valence-electron chi connectivity index (χ4n) is 1.33. The van der Waals surface area contributed by atoms with E-state index in [1.54, 1.807) is 4.90 Å². The van der Waals surface area contributed by atoms with Crippen LogP contribution in [0, 0.1) is 0 Å². The average Bonchev–Trinajstić information content (AvgIpc) is 2.31. The Bertz CT molecular complexity index is 374. The second kappa shape index (κ2) is 2.72. The highest BCUT2D eigenvalue weighted by Crippen LogP contribution is 2.22. The SMILES string of the molecule is CC(=O)N1CC(c2noc(=O)[nH]2)C1. The summed E-state index contributed by atoms with van der Waals surface area (Å²) in [7, 11) is 0. The van der Waals surface area contributed by atoms with Gasteiger partial charge in [0.1, 0.15) is 0 Å². The van der Waals surface area contributed by atoms with Gasteiger partial charge in [-0.3, -0.25) is 14.3 Å². The Morgan fingerprint density at radius 1 is 1.69 bits per heavy atom. The third-order valence-electron chi connectivity index (χ3n) is 2.17. The van der Waals surface area contributed by atoms with Crippen LogP contribution in [-0.4, -0.2) is 34.0 Å². The predicted molar refractivity (Wildman–Crippen MR) is 42.1 cm³/mol. The van der Waals surface area contributed by atoms with Gasteiger partial charge in [-0.2, -0.15) is 0 Å². The number of hydrogen-bond donors (Lipinski definition) is 1. The lowest BCUT2D eigenvalue weighted by atomic mass is 10.00. The minimum atomic E-state index is -0.545. The summed E-state index contributed by atoms with van der Waals surface area (Å²) < 4.78 is 4.35. The predicted octanol–water partition coefficient (Wildman–Crippen LogP) is -0.691. The second-order valence-corrected chi connectivity index (χ2v) is 3.10. The molecule has 1 fully saturated rings. The molecule has 2 heterocycles. The van der Waals surface area contributed by atoms with Gasteiger partial charge in [-0.1, -0.05) is 5.16 Å². The Balaban J connectivity index is 2.01. The van der Waals surface area contributed by atoms with E-state index in [1.807, 2.05) is 0 Å². The molecule has 1 aliphatic rings. The van der Waals surface area contributed by atoms with E-state index in [-0.39, 0.29) is 11.8 Å². The van der Waals surface area contributed by atoms with Crippen molar-refractivity contribution >= 4 is 5.91 Å². The molecular weight excluding hydrogens is 174 g/mol. The van der Waals surface area contributed by atoms with Crippen LogP contribution in [0.5, 0.6) is 0 Å². The molecule has 0 saturated carbocycles. The molecule has 70 valence electrons. The first-order chi connectivity index (χ1) is 6.16. The molecule has 1 amide bonds. The average molecular weight is 183 g/mol. The van der Waals surface area contributed by atoms with Gasteiger partial charge in [0.2, 0.25) is 5.91 Å². The van der Waals surface area contributed by atoms with Gasteiger partial charge in [0.15, 0.2) is 5.82 Å². The van der Waals surface area contributed by atoms with Crippen molar-refractivity contribution in [3.05, 3.63) is 16.4 Å². The van der Waals surface area contributed by atoms with E-state index in [2.05, 4.69) is 14.7 Å². The summed E-state index contributed by atoms with van der Waals surface area (Å²) >= 11 is 0. The van der Waals surface area contributed by atoms with Crippen molar-refractivity contribution in [3.63, 3.8) is 0 Å². The van der Waals surface area contributed by atoms with Gasteiger partial charge in [0.25, 0.3) is 0 Å². The largest absolute Gasteiger partial charge is 0.438 e. The van der Waals surface area contributed by atoms with Crippen molar-refractivity contribution in [2.24, 2.45) is 0 Å². The van der Waals surface area contributed by atoms with Crippen molar-refractivity contribution < 1.29 is 9.32 Å². The van der Waals surface area contributed by atoms with Crippen LogP contribution in [-0.2, 0) is 4.79 Å². The standard InChI is InChI=1S/C7H9N3O3/c1-4(11)10-2-5(3-10)6-8-7(12)13-9-6/h5H,2-3H2,1H3,(H,8,9,12). The number of likely N-dealkylation sites (tertiary alicyclic amines) is 1. The van der Waals surface area contributed by atoms with Crippen LogP contribution in [0.2, 0.25) is 0 Å². The normalized spacial score (nSPS) is 17.2. The molecule has 1 aromatic rings. The third kappa shape index (κ3) is 1.34. The van der Waals surface area contributed by atoms with E-state index < -0.39 is 5.76 Å². The highest BCUT2D eigenvalue weighted by atomic mass is 16.5. The summed E-state index contributed by atoms with van der Waals surface area (Å²) in [6.45, 7) is 2.73. The number of carbonyl (C=O) groups is 1. The second-order valence-electron chi connectivity index (χ2n) is 3.10. The number of carbonyl (C=O) groups excluding carboxylic acids is 1. The Kier molecular flexibility index (Phi) is 1.68. The molecule has 6 heteroatoms. The Labute approximate surface area is 73.5 Å². The molecule has 6 nitrogen and oxygen atoms in total. The molecule has 0 bridgehead atoms. The number of aromatic nitrogens is 2. The summed E-state index contributed by atoms with van der Waals surface area (Å²) in [6, 6.07) is 0. The zero-order valence-electron chi connectivity index (χ0n) is 7.11. The molecule has 0 aromatic carbocycles. The zero-order chi connectivity index (χ0) is 9.42. The number of H-pyrrole nitrogens is 1. The number of amides is 1. The lowest BCUT2D eigenvalue weighted by molar-refractivity contribution is -0.133. The Morgan fingerprint density at radius 2 is 2.38 bits per heavy atom. The molecule has 1 aromatic heterocycles. The fraction of sp³-hybridized carbons (Fsp3) is 0.571. The van der Waals surface area contributed by atoms with Gasteiger partial charge in [-0.05, 0) is 0 Å². The van der Waals surface area contributed by atoms with Crippen LogP contribution < -0.4 is 5.76 Å². The van der Waals surface area contributed by atoms with Crippen molar-refractivity contribution in [3.8, 4) is 0 Å². The van der Waals surface area contributed by atoms with Crippen LogP contribution in [0.25, 0.3) is 0 Å². The minimum Gasteiger partial charge on any atom is -0.341 e. The smallest absolute Gasteiger partial charge is 0.341 e. The summed E-state index contributed by atoms with van der Waals surface area (Å²) in [4.78, 5) is 25.5. The van der Waals surface area contributed by atoms with Crippen molar-refractivity contribution in [1.82, 2.24) is 15.0 Å². The van der Waals surface area contributed by atoms with Gasteiger partial charge >= 0.3 is 5.76 Å². The van der Waals surface area contributed by atoms with Crippen LogP contribution in [0.1, 0.15) is 18.7 Å². The molecule has 0 atom stereocenters. The first-order valence-corrected chi connectivity index (χ1v) is 3.98. The van der Waals surface area contributed by atoms with Gasteiger partial charge in [-0.25, -0.2) is 4.79 Å². The van der Waals surface area contributed by atoms with E-state index in [1.165, 1.54) is 6.92 Å². The Morgan fingerprint density at radius 3 is 2.85 bits per heavy atom. The lowest BCUT2D eigenvalue weighted by Crippen LogP contribution is -2.47. The monoisotopic (exact) mass is 183 g/mol. The highest BCUT2D eigenvalue weighted by molar-refractivity contribution is 5.74. The van der Waals surface area contributed by atoms with Gasteiger partial charge in [0, 0.05) is 20.0 Å². The summed E-state index contributed by atoms with van der Waals surface area (Å²) in [6.07, 6.45) is 0. The van der Waals surface area contributed by atoms with Crippen molar-refractivity contribution in [2.45, 2.75) is 12.8 Å².